The first-order valence-corrected chi connectivity index (χ1v) is 6.75. The molecule has 0 amide bonds. The molecule has 0 aliphatic rings. The summed E-state index contributed by atoms with van der Waals surface area (Å²) in [6, 6.07) is 7.35. The smallest absolute Gasteiger partial charge is 0.266 e. The Labute approximate surface area is 110 Å². The number of sulfonamides is 1. The van der Waals surface area contributed by atoms with E-state index in [4.69, 9.17) is 10.5 Å². The fraction of sp³-hybridized carbons (Fsp3) is 0.0909. The molecule has 3 N–H and O–H groups in total. The molecule has 0 saturated heterocycles. The maximum absolute atomic E-state index is 12.2. The van der Waals surface area contributed by atoms with Crippen LogP contribution in [0.5, 0.6) is 5.75 Å². The first-order chi connectivity index (χ1) is 9.03. The van der Waals surface area contributed by atoms with Crippen LogP contribution in [-0.2, 0) is 10.0 Å². The molecule has 0 unspecified atom stereocenters. The zero-order valence-corrected chi connectivity index (χ0v) is 10.9. The molecule has 0 spiro atoms. The van der Waals surface area contributed by atoms with Crippen LogP contribution in [0.25, 0.3) is 0 Å². The molecular formula is C11H12N4O3S. The van der Waals surface area contributed by atoms with Gasteiger partial charge < -0.3 is 10.5 Å². The van der Waals surface area contributed by atoms with E-state index in [9.17, 15) is 8.42 Å². The number of rotatable bonds is 4. The number of nitrogen functional groups attached to an aromatic ring is 1. The molecule has 0 bridgehead atoms. The Kier molecular flexibility index (Phi) is 3.52. The summed E-state index contributed by atoms with van der Waals surface area (Å²) in [5, 5.41) is 7.25. The number of nitrogens with two attached hydrogens (primary N) is 1. The lowest BCUT2D eigenvalue weighted by Gasteiger charge is -2.11. The second-order valence-electron chi connectivity index (χ2n) is 3.62. The third kappa shape index (κ3) is 2.91. The van der Waals surface area contributed by atoms with Gasteiger partial charge in [-0.05, 0) is 24.3 Å². The van der Waals surface area contributed by atoms with Gasteiger partial charge in [-0.1, -0.05) is 0 Å². The molecule has 0 aliphatic heterocycles. The van der Waals surface area contributed by atoms with Crippen molar-refractivity contribution >= 4 is 21.5 Å². The number of hydrogen-bond acceptors (Lipinski definition) is 6. The average Bonchev–Trinajstić information content (AvgIpc) is 2.38. The number of methoxy groups -OCH3 is 1. The lowest BCUT2D eigenvalue weighted by molar-refractivity contribution is 0.403. The average molecular weight is 280 g/mol. The maximum Gasteiger partial charge on any atom is 0.266 e. The van der Waals surface area contributed by atoms with Crippen molar-refractivity contribution in [3.8, 4) is 5.75 Å². The maximum atomic E-state index is 12.2. The Bertz CT molecular complexity index is 674. The van der Waals surface area contributed by atoms with Gasteiger partial charge in [-0.15, -0.1) is 5.10 Å². The van der Waals surface area contributed by atoms with Gasteiger partial charge >= 0.3 is 0 Å². The van der Waals surface area contributed by atoms with E-state index >= 15 is 0 Å². The zero-order valence-electron chi connectivity index (χ0n) is 10.1. The summed E-state index contributed by atoms with van der Waals surface area (Å²) in [5.74, 6) is 0.290. The number of aromatic nitrogens is 2. The van der Waals surface area contributed by atoms with Gasteiger partial charge in [-0.2, -0.15) is 5.10 Å². The van der Waals surface area contributed by atoms with E-state index in [1.54, 1.807) is 6.07 Å². The minimum atomic E-state index is -3.81. The Morgan fingerprint density at radius 1 is 1.32 bits per heavy atom. The number of anilines is 2. The molecule has 1 aromatic heterocycles. The summed E-state index contributed by atoms with van der Waals surface area (Å²) < 4.78 is 31.7. The normalized spacial score (nSPS) is 11.0. The molecule has 1 aromatic carbocycles. The molecule has 2 aromatic rings. The summed E-state index contributed by atoms with van der Waals surface area (Å²) in [6.45, 7) is 0. The monoisotopic (exact) mass is 280 g/mol. The number of hydrogen-bond donors (Lipinski definition) is 2. The molecule has 0 radical (unpaired) electrons. The molecule has 100 valence electrons. The fourth-order valence-corrected chi connectivity index (χ4v) is 2.60. The van der Waals surface area contributed by atoms with Crippen LogP contribution in [0, 0.1) is 0 Å². The van der Waals surface area contributed by atoms with Gasteiger partial charge in [0.25, 0.3) is 10.0 Å². The van der Waals surface area contributed by atoms with Crippen LogP contribution < -0.4 is 15.2 Å². The van der Waals surface area contributed by atoms with Gasteiger partial charge in [0.15, 0.2) is 5.82 Å². The highest BCUT2D eigenvalue weighted by atomic mass is 32.2. The second-order valence-corrected chi connectivity index (χ2v) is 5.28. The van der Waals surface area contributed by atoms with Crippen LogP contribution in [0.3, 0.4) is 0 Å². The summed E-state index contributed by atoms with van der Waals surface area (Å²) in [4.78, 5) is -0.0187. The Balaban J connectivity index is 2.40. The minimum absolute atomic E-state index is 0.0187. The molecule has 7 nitrogen and oxygen atoms in total. The highest BCUT2D eigenvalue weighted by Crippen LogP contribution is 2.27. The predicted molar refractivity (Wildman–Crippen MR) is 70.2 cm³/mol. The van der Waals surface area contributed by atoms with Crippen molar-refractivity contribution in [3.63, 3.8) is 0 Å². The van der Waals surface area contributed by atoms with E-state index in [-0.39, 0.29) is 16.5 Å². The van der Waals surface area contributed by atoms with Crippen molar-refractivity contribution in [1.82, 2.24) is 10.2 Å². The van der Waals surface area contributed by atoms with E-state index < -0.39 is 10.0 Å². The van der Waals surface area contributed by atoms with Gasteiger partial charge in [0.05, 0.1) is 7.11 Å². The second kappa shape index (κ2) is 5.11. The lowest BCUT2D eigenvalue weighted by atomic mass is 10.3. The van der Waals surface area contributed by atoms with Gasteiger partial charge in [0.1, 0.15) is 10.6 Å². The quantitative estimate of drug-likeness (QED) is 0.805. The molecule has 1 heterocycles. The number of nitrogens with one attached hydrogen (secondary N) is 1. The number of ether oxygens (including phenoxy) is 1. The SMILES string of the molecule is COc1cc(N)ccc1S(=O)(=O)Nc1cccnn1. The third-order valence-corrected chi connectivity index (χ3v) is 3.68. The lowest BCUT2D eigenvalue weighted by Crippen LogP contribution is -2.15. The van der Waals surface area contributed by atoms with Crippen molar-refractivity contribution in [2.75, 3.05) is 17.6 Å². The highest BCUT2D eigenvalue weighted by Gasteiger charge is 2.20. The standard InChI is InChI=1S/C11H12N4O3S/c1-18-9-7-8(12)4-5-10(9)19(16,17)15-11-3-2-6-13-14-11/h2-7H,12H2,1H3,(H,14,15). The first-order valence-electron chi connectivity index (χ1n) is 5.27. The Morgan fingerprint density at radius 3 is 2.74 bits per heavy atom. The Morgan fingerprint density at radius 2 is 2.11 bits per heavy atom. The summed E-state index contributed by atoms with van der Waals surface area (Å²) in [6.07, 6.45) is 1.45. The summed E-state index contributed by atoms with van der Waals surface area (Å²) in [5.41, 5.74) is 5.99. The Hall–Kier alpha value is -2.35. The van der Waals surface area contributed by atoms with E-state index in [1.165, 1.54) is 37.6 Å². The van der Waals surface area contributed by atoms with Crippen molar-refractivity contribution < 1.29 is 13.2 Å². The fourth-order valence-electron chi connectivity index (χ4n) is 1.45. The van der Waals surface area contributed by atoms with Crippen LogP contribution in [0.1, 0.15) is 0 Å². The minimum Gasteiger partial charge on any atom is -0.495 e. The van der Waals surface area contributed by atoms with E-state index in [2.05, 4.69) is 14.9 Å². The summed E-state index contributed by atoms with van der Waals surface area (Å²) in [7, 11) is -2.43. The van der Waals surface area contributed by atoms with Crippen LogP contribution in [0.15, 0.2) is 41.4 Å². The molecule has 0 aliphatic carbocycles. The van der Waals surface area contributed by atoms with Crippen LogP contribution >= 0.6 is 0 Å². The van der Waals surface area contributed by atoms with E-state index in [0.717, 1.165) is 0 Å². The topological polar surface area (TPSA) is 107 Å². The molecule has 19 heavy (non-hydrogen) atoms. The highest BCUT2D eigenvalue weighted by molar-refractivity contribution is 7.92. The predicted octanol–water partition coefficient (Wildman–Crippen LogP) is 0.868. The van der Waals surface area contributed by atoms with Crippen molar-refractivity contribution in [3.05, 3.63) is 36.5 Å². The first kappa shape index (κ1) is 13.1. The van der Waals surface area contributed by atoms with Gasteiger partial charge in [0.2, 0.25) is 0 Å². The number of nitrogens with zero attached hydrogens (tertiary/aromatic N) is 2. The molecular weight excluding hydrogens is 268 g/mol. The van der Waals surface area contributed by atoms with Crippen molar-refractivity contribution in [2.24, 2.45) is 0 Å². The van der Waals surface area contributed by atoms with Crippen LogP contribution in [-0.4, -0.2) is 25.7 Å². The molecule has 2 rings (SSSR count). The molecule has 0 fully saturated rings. The van der Waals surface area contributed by atoms with Crippen molar-refractivity contribution in [2.45, 2.75) is 4.90 Å². The van der Waals surface area contributed by atoms with Crippen LogP contribution in [0.2, 0.25) is 0 Å². The van der Waals surface area contributed by atoms with Gasteiger partial charge in [-0.25, -0.2) is 8.42 Å². The molecule has 8 heteroatoms. The van der Waals surface area contributed by atoms with E-state index in [0.29, 0.717) is 5.69 Å². The third-order valence-electron chi connectivity index (χ3n) is 2.29. The molecule has 0 atom stereocenters. The number of benzene rings is 1. The summed E-state index contributed by atoms with van der Waals surface area (Å²) >= 11 is 0. The van der Waals surface area contributed by atoms with Gasteiger partial charge in [0, 0.05) is 18.0 Å². The van der Waals surface area contributed by atoms with E-state index in [1.807, 2.05) is 0 Å². The molecule has 0 saturated carbocycles. The van der Waals surface area contributed by atoms with Crippen LogP contribution in [0.4, 0.5) is 11.5 Å². The largest absolute Gasteiger partial charge is 0.495 e. The zero-order chi connectivity index (χ0) is 13.9. The van der Waals surface area contributed by atoms with Gasteiger partial charge in [-0.3, -0.25) is 4.72 Å². The van der Waals surface area contributed by atoms with Crippen molar-refractivity contribution in [1.29, 1.82) is 0 Å².